The Labute approximate surface area is 128 Å². The fourth-order valence-corrected chi connectivity index (χ4v) is 1.93. The SMILES string of the molecule is CCCCCNc1ccccc1CNC(=O)OC(C)(C)C. The predicted molar refractivity (Wildman–Crippen MR) is 87.5 cm³/mol. The molecule has 0 aliphatic heterocycles. The van der Waals surface area contributed by atoms with Crippen LogP contribution < -0.4 is 10.6 Å². The lowest BCUT2D eigenvalue weighted by molar-refractivity contribution is 0.0523. The van der Waals surface area contributed by atoms with Gasteiger partial charge >= 0.3 is 6.09 Å². The zero-order valence-electron chi connectivity index (χ0n) is 13.7. The van der Waals surface area contributed by atoms with Crippen molar-refractivity contribution < 1.29 is 9.53 Å². The number of nitrogens with one attached hydrogen (secondary N) is 2. The Bertz CT molecular complexity index is 439. The highest BCUT2D eigenvalue weighted by Gasteiger charge is 2.15. The highest BCUT2D eigenvalue weighted by Crippen LogP contribution is 2.15. The van der Waals surface area contributed by atoms with Gasteiger partial charge in [0, 0.05) is 18.8 Å². The number of hydrogen-bond acceptors (Lipinski definition) is 3. The minimum absolute atomic E-state index is 0.386. The zero-order chi connectivity index (χ0) is 15.7. The maximum atomic E-state index is 11.7. The van der Waals surface area contributed by atoms with Crippen LogP contribution in [0, 0.1) is 0 Å². The third-order valence-corrected chi connectivity index (χ3v) is 2.94. The van der Waals surface area contributed by atoms with E-state index in [4.69, 9.17) is 4.74 Å². The molecule has 0 heterocycles. The third-order valence-electron chi connectivity index (χ3n) is 2.94. The number of anilines is 1. The van der Waals surface area contributed by atoms with Gasteiger partial charge in [-0.05, 0) is 38.8 Å². The topological polar surface area (TPSA) is 50.4 Å². The molecule has 0 spiro atoms. The fourth-order valence-electron chi connectivity index (χ4n) is 1.93. The van der Waals surface area contributed by atoms with E-state index in [9.17, 15) is 4.79 Å². The van der Waals surface area contributed by atoms with Crippen LogP contribution in [0.3, 0.4) is 0 Å². The molecule has 0 saturated heterocycles. The molecule has 1 aromatic rings. The minimum atomic E-state index is -0.470. The van der Waals surface area contributed by atoms with Crippen molar-refractivity contribution in [1.82, 2.24) is 5.32 Å². The first kappa shape index (κ1) is 17.3. The van der Waals surface area contributed by atoms with Gasteiger partial charge in [0.15, 0.2) is 0 Å². The number of alkyl carbamates (subject to hydrolysis) is 1. The van der Waals surface area contributed by atoms with Crippen LogP contribution in [0.5, 0.6) is 0 Å². The van der Waals surface area contributed by atoms with E-state index >= 15 is 0 Å². The first-order chi connectivity index (χ1) is 9.92. The number of amides is 1. The molecule has 0 fully saturated rings. The molecule has 0 saturated carbocycles. The summed E-state index contributed by atoms with van der Waals surface area (Å²) < 4.78 is 5.24. The number of carbonyl (C=O) groups excluding carboxylic acids is 1. The monoisotopic (exact) mass is 292 g/mol. The number of hydrogen-bond donors (Lipinski definition) is 2. The van der Waals surface area contributed by atoms with Crippen LogP contribution in [0.15, 0.2) is 24.3 Å². The molecule has 4 nitrogen and oxygen atoms in total. The summed E-state index contributed by atoms with van der Waals surface area (Å²) in [5.41, 5.74) is 1.67. The van der Waals surface area contributed by atoms with E-state index in [-0.39, 0.29) is 6.09 Å². The summed E-state index contributed by atoms with van der Waals surface area (Å²) in [5.74, 6) is 0. The summed E-state index contributed by atoms with van der Waals surface area (Å²) in [6, 6.07) is 8.03. The van der Waals surface area contributed by atoms with Crippen molar-refractivity contribution in [2.75, 3.05) is 11.9 Å². The molecule has 0 aromatic heterocycles. The molecule has 1 aromatic carbocycles. The summed E-state index contributed by atoms with van der Waals surface area (Å²) in [6.07, 6.45) is 3.21. The molecule has 0 bridgehead atoms. The van der Waals surface area contributed by atoms with Gasteiger partial charge in [0.1, 0.15) is 5.60 Å². The molecule has 0 unspecified atom stereocenters. The quantitative estimate of drug-likeness (QED) is 0.736. The molecule has 0 radical (unpaired) electrons. The Kier molecular flexibility index (Phi) is 7.06. The second-order valence-electron chi connectivity index (χ2n) is 6.15. The zero-order valence-corrected chi connectivity index (χ0v) is 13.7. The second-order valence-corrected chi connectivity index (χ2v) is 6.15. The molecule has 118 valence electrons. The normalized spacial score (nSPS) is 11.0. The summed E-state index contributed by atoms with van der Waals surface area (Å²) in [4.78, 5) is 11.7. The Morgan fingerprint density at radius 1 is 1.19 bits per heavy atom. The highest BCUT2D eigenvalue weighted by atomic mass is 16.6. The second kappa shape index (κ2) is 8.55. The van der Waals surface area contributed by atoms with Crippen LogP contribution >= 0.6 is 0 Å². The van der Waals surface area contributed by atoms with Crippen molar-refractivity contribution in [2.45, 2.75) is 59.1 Å². The number of para-hydroxylation sites is 1. The molecular formula is C17H28N2O2. The molecule has 1 rings (SSSR count). The lowest BCUT2D eigenvalue weighted by Gasteiger charge is -2.20. The van der Waals surface area contributed by atoms with Crippen molar-refractivity contribution >= 4 is 11.8 Å². The van der Waals surface area contributed by atoms with E-state index < -0.39 is 5.60 Å². The number of rotatable bonds is 7. The average Bonchev–Trinajstić information content (AvgIpc) is 2.40. The molecule has 2 N–H and O–H groups in total. The van der Waals surface area contributed by atoms with Gasteiger partial charge in [-0.2, -0.15) is 0 Å². The summed E-state index contributed by atoms with van der Waals surface area (Å²) in [5, 5.41) is 6.22. The van der Waals surface area contributed by atoms with Crippen molar-refractivity contribution in [1.29, 1.82) is 0 Å². The molecular weight excluding hydrogens is 264 g/mol. The standard InChI is InChI=1S/C17H28N2O2/c1-5-6-9-12-18-15-11-8-7-10-14(15)13-19-16(20)21-17(2,3)4/h7-8,10-11,18H,5-6,9,12-13H2,1-4H3,(H,19,20). The van der Waals surface area contributed by atoms with E-state index in [1.54, 1.807) is 0 Å². The predicted octanol–water partition coefficient (Wildman–Crippen LogP) is 4.31. The largest absolute Gasteiger partial charge is 0.444 e. The van der Waals surface area contributed by atoms with Gasteiger partial charge in [0.2, 0.25) is 0 Å². The van der Waals surface area contributed by atoms with E-state index in [1.165, 1.54) is 12.8 Å². The lowest BCUT2D eigenvalue weighted by atomic mass is 10.1. The van der Waals surface area contributed by atoms with Gasteiger partial charge in [-0.15, -0.1) is 0 Å². The molecule has 1 amide bonds. The van der Waals surface area contributed by atoms with Crippen molar-refractivity contribution in [3.8, 4) is 0 Å². The van der Waals surface area contributed by atoms with Gasteiger partial charge in [0.05, 0.1) is 0 Å². The van der Waals surface area contributed by atoms with E-state index in [0.29, 0.717) is 6.54 Å². The van der Waals surface area contributed by atoms with Gasteiger partial charge in [-0.25, -0.2) is 4.79 Å². The fraction of sp³-hybridized carbons (Fsp3) is 0.588. The Hall–Kier alpha value is -1.71. The van der Waals surface area contributed by atoms with Crippen molar-refractivity contribution in [2.24, 2.45) is 0 Å². The van der Waals surface area contributed by atoms with E-state index in [1.807, 2.05) is 45.0 Å². The van der Waals surface area contributed by atoms with Crippen LogP contribution in [-0.4, -0.2) is 18.2 Å². The molecule has 0 atom stereocenters. The van der Waals surface area contributed by atoms with Gasteiger partial charge in [-0.3, -0.25) is 0 Å². The van der Waals surface area contributed by atoms with E-state index in [2.05, 4.69) is 17.6 Å². The number of unbranched alkanes of at least 4 members (excludes halogenated alkanes) is 2. The van der Waals surface area contributed by atoms with E-state index in [0.717, 1.165) is 24.2 Å². The highest BCUT2D eigenvalue weighted by molar-refractivity contribution is 5.68. The summed E-state index contributed by atoms with van der Waals surface area (Å²) >= 11 is 0. The van der Waals surface area contributed by atoms with Crippen molar-refractivity contribution in [3.05, 3.63) is 29.8 Å². The number of benzene rings is 1. The van der Waals surface area contributed by atoms with Crippen molar-refractivity contribution in [3.63, 3.8) is 0 Å². The van der Waals surface area contributed by atoms with Crippen LogP contribution in [0.1, 0.15) is 52.5 Å². The maximum Gasteiger partial charge on any atom is 0.407 e. The minimum Gasteiger partial charge on any atom is -0.444 e. The number of carbonyl (C=O) groups is 1. The Morgan fingerprint density at radius 2 is 1.90 bits per heavy atom. The summed E-state index contributed by atoms with van der Waals surface area (Å²) in [7, 11) is 0. The smallest absolute Gasteiger partial charge is 0.407 e. The van der Waals surface area contributed by atoms with Gasteiger partial charge in [-0.1, -0.05) is 38.0 Å². The molecule has 4 heteroatoms. The number of ether oxygens (including phenoxy) is 1. The van der Waals surface area contributed by atoms with Crippen LogP contribution in [0.4, 0.5) is 10.5 Å². The van der Waals surface area contributed by atoms with Gasteiger partial charge < -0.3 is 15.4 Å². The molecule has 21 heavy (non-hydrogen) atoms. The average molecular weight is 292 g/mol. The van der Waals surface area contributed by atoms with Gasteiger partial charge in [0.25, 0.3) is 0 Å². The Morgan fingerprint density at radius 3 is 2.57 bits per heavy atom. The lowest BCUT2D eigenvalue weighted by Crippen LogP contribution is -2.32. The van der Waals surface area contributed by atoms with Crippen LogP contribution in [0.25, 0.3) is 0 Å². The molecule has 0 aliphatic carbocycles. The van der Waals surface area contributed by atoms with Crippen LogP contribution in [-0.2, 0) is 11.3 Å². The summed E-state index contributed by atoms with van der Waals surface area (Å²) in [6.45, 7) is 9.18. The maximum absolute atomic E-state index is 11.7. The first-order valence-electron chi connectivity index (χ1n) is 7.71. The third kappa shape index (κ3) is 7.59. The first-order valence-corrected chi connectivity index (χ1v) is 7.71. The van der Waals surface area contributed by atoms with Crippen LogP contribution in [0.2, 0.25) is 0 Å². The Balaban J connectivity index is 2.49. The molecule has 0 aliphatic rings.